The molecule has 1 aliphatic rings. The molecule has 1 aromatic rings. The summed E-state index contributed by atoms with van der Waals surface area (Å²) in [6.07, 6.45) is 10.1. The molecule has 2 rings (SSSR count). The second-order valence-electron chi connectivity index (χ2n) is 7.07. The maximum atomic E-state index is 13.1. The van der Waals surface area contributed by atoms with Crippen molar-refractivity contribution in [2.24, 2.45) is 0 Å². The standard InChI is InChI=1S/C24H33NO6/c1-4-27-16-29-21-14-19-13-20(25)12-10-8-6-7-9-11-18(3)31-24(26)23(19)22(15-21)30-17-28-5-2/h7,9-10,12,14-15,18,25H,4-6,8,11,13,16-17H2,1-3H3/b9-7+,12-10+,25-20?/t18-/m1/s1. The number of ether oxygens (including phenoxy) is 5. The van der Waals surface area contributed by atoms with Crippen molar-refractivity contribution in [1.29, 1.82) is 5.41 Å². The van der Waals surface area contributed by atoms with Crippen molar-refractivity contribution in [3.05, 3.63) is 47.6 Å². The van der Waals surface area contributed by atoms with Crippen molar-refractivity contribution in [1.82, 2.24) is 0 Å². The second-order valence-corrected chi connectivity index (χ2v) is 7.07. The minimum absolute atomic E-state index is 0.0131. The summed E-state index contributed by atoms with van der Waals surface area (Å²) in [5.74, 6) is 0.294. The van der Waals surface area contributed by atoms with E-state index in [-0.39, 0.29) is 31.7 Å². The summed E-state index contributed by atoms with van der Waals surface area (Å²) in [6, 6.07) is 3.37. The van der Waals surface area contributed by atoms with Crippen LogP contribution in [0.3, 0.4) is 0 Å². The Hall–Kier alpha value is -2.64. The largest absolute Gasteiger partial charge is 0.467 e. The average molecular weight is 432 g/mol. The van der Waals surface area contributed by atoms with Gasteiger partial charge in [-0.05, 0) is 51.3 Å². The van der Waals surface area contributed by atoms with Gasteiger partial charge < -0.3 is 29.1 Å². The summed E-state index contributed by atoms with van der Waals surface area (Å²) in [6.45, 7) is 6.66. The predicted molar refractivity (Wildman–Crippen MR) is 119 cm³/mol. The number of carbonyl (C=O) groups excluding carboxylic acids is 1. The molecule has 0 bridgehead atoms. The van der Waals surface area contributed by atoms with Gasteiger partial charge in [0.15, 0.2) is 13.6 Å². The third-order valence-corrected chi connectivity index (χ3v) is 4.52. The fraction of sp³-hybridized carbons (Fsp3) is 0.500. The highest BCUT2D eigenvalue weighted by Crippen LogP contribution is 2.31. The number of carbonyl (C=O) groups is 1. The molecule has 0 radical (unpaired) electrons. The quantitative estimate of drug-likeness (QED) is 0.274. The van der Waals surface area contributed by atoms with E-state index in [1.165, 1.54) is 0 Å². The van der Waals surface area contributed by atoms with Crippen molar-refractivity contribution in [3.8, 4) is 11.5 Å². The maximum absolute atomic E-state index is 13.1. The van der Waals surface area contributed by atoms with Gasteiger partial charge in [0.1, 0.15) is 23.2 Å². The minimum Gasteiger partial charge on any atom is -0.467 e. The summed E-state index contributed by atoms with van der Waals surface area (Å²) < 4.78 is 27.7. The van der Waals surface area contributed by atoms with Crippen LogP contribution in [0.25, 0.3) is 0 Å². The Bertz CT molecular complexity index is 787. The highest BCUT2D eigenvalue weighted by atomic mass is 16.7. The lowest BCUT2D eigenvalue weighted by Crippen LogP contribution is -2.19. The number of nitrogens with one attached hydrogen (secondary N) is 1. The monoisotopic (exact) mass is 431 g/mol. The van der Waals surface area contributed by atoms with Crippen LogP contribution in [0.15, 0.2) is 36.4 Å². The zero-order chi connectivity index (χ0) is 22.5. The van der Waals surface area contributed by atoms with Crippen molar-refractivity contribution < 1.29 is 28.5 Å². The van der Waals surface area contributed by atoms with Crippen LogP contribution in [0.1, 0.15) is 56.0 Å². The van der Waals surface area contributed by atoms with Crippen molar-refractivity contribution in [2.75, 3.05) is 26.8 Å². The zero-order valence-corrected chi connectivity index (χ0v) is 18.6. The number of rotatable bonds is 8. The molecule has 0 aromatic heterocycles. The van der Waals surface area contributed by atoms with E-state index in [0.717, 1.165) is 12.8 Å². The molecule has 7 heteroatoms. The van der Waals surface area contributed by atoms with Gasteiger partial charge in [0, 0.05) is 37.8 Å². The molecule has 0 saturated carbocycles. The second kappa shape index (κ2) is 13.6. The molecule has 0 aliphatic carbocycles. The molecule has 0 saturated heterocycles. The SMILES string of the molecule is CCOCOc1cc2c(c(OCOCC)c1)C(=O)O[C@H](C)C/C=C/CC/C=C/C(=N)C2. The first kappa shape index (κ1) is 24.6. The van der Waals surface area contributed by atoms with Gasteiger partial charge in [-0.15, -0.1) is 0 Å². The van der Waals surface area contributed by atoms with E-state index in [1.807, 2.05) is 32.9 Å². The number of hydrogen-bond donors (Lipinski definition) is 1. The van der Waals surface area contributed by atoms with E-state index in [0.29, 0.717) is 42.4 Å². The molecule has 170 valence electrons. The third-order valence-electron chi connectivity index (χ3n) is 4.52. The first-order valence-electron chi connectivity index (χ1n) is 10.7. The van der Waals surface area contributed by atoms with Gasteiger partial charge in [-0.25, -0.2) is 4.79 Å². The summed E-state index contributed by atoms with van der Waals surface area (Å²) in [5, 5.41) is 8.34. The van der Waals surface area contributed by atoms with Gasteiger partial charge in [0.2, 0.25) is 0 Å². The van der Waals surface area contributed by atoms with Crippen LogP contribution >= 0.6 is 0 Å². The highest BCUT2D eigenvalue weighted by molar-refractivity contribution is 5.99. The van der Waals surface area contributed by atoms with Gasteiger partial charge in [0.05, 0.1) is 0 Å². The first-order chi connectivity index (χ1) is 15.0. The third kappa shape index (κ3) is 8.55. The molecule has 1 aromatic carbocycles. The molecular weight excluding hydrogens is 398 g/mol. The van der Waals surface area contributed by atoms with Gasteiger partial charge in [-0.2, -0.15) is 0 Å². The number of benzene rings is 1. The average Bonchev–Trinajstić information content (AvgIpc) is 2.72. The molecule has 1 aliphatic heterocycles. The molecule has 0 unspecified atom stereocenters. The fourth-order valence-corrected chi connectivity index (χ4v) is 2.97. The van der Waals surface area contributed by atoms with E-state index < -0.39 is 5.97 Å². The smallest absolute Gasteiger partial charge is 0.342 e. The highest BCUT2D eigenvalue weighted by Gasteiger charge is 2.23. The molecular formula is C24H33NO6. The van der Waals surface area contributed by atoms with Gasteiger partial charge in [-0.3, -0.25) is 0 Å². The van der Waals surface area contributed by atoms with Crippen molar-refractivity contribution >= 4 is 11.7 Å². The Morgan fingerprint density at radius 2 is 1.74 bits per heavy atom. The van der Waals surface area contributed by atoms with Crippen molar-refractivity contribution in [2.45, 2.75) is 52.6 Å². The van der Waals surface area contributed by atoms with Crippen molar-refractivity contribution in [3.63, 3.8) is 0 Å². The number of allylic oxidation sites excluding steroid dienone is 3. The lowest BCUT2D eigenvalue weighted by atomic mass is 9.99. The van der Waals surface area contributed by atoms with E-state index >= 15 is 0 Å². The van der Waals surface area contributed by atoms with Crippen LogP contribution in [-0.2, 0) is 20.6 Å². The Balaban J connectivity index is 2.45. The van der Waals surface area contributed by atoms with Crippen LogP contribution in [0.5, 0.6) is 11.5 Å². The number of esters is 1. The van der Waals surface area contributed by atoms with Crippen LogP contribution in [-0.4, -0.2) is 44.6 Å². The lowest BCUT2D eigenvalue weighted by molar-refractivity contribution is 0.0161. The topological polar surface area (TPSA) is 87.1 Å². The van der Waals surface area contributed by atoms with Crippen LogP contribution in [0, 0.1) is 5.41 Å². The van der Waals surface area contributed by atoms with E-state index in [9.17, 15) is 4.79 Å². The zero-order valence-electron chi connectivity index (χ0n) is 18.6. The Morgan fingerprint density at radius 1 is 1.03 bits per heavy atom. The molecule has 1 atom stereocenters. The van der Waals surface area contributed by atoms with E-state index in [2.05, 4.69) is 6.08 Å². The van der Waals surface area contributed by atoms with Crippen LogP contribution in [0.2, 0.25) is 0 Å². The molecule has 7 nitrogen and oxygen atoms in total. The first-order valence-corrected chi connectivity index (χ1v) is 10.7. The van der Waals surface area contributed by atoms with Gasteiger partial charge >= 0.3 is 5.97 Å². The summed E-state index contributed by atoms with van der Waals surface area (Å²) in [5.41, 5.74) is 1.26. The fourth-order valence-electron chi connectivity index (χ4n) is 2.97. The van der Waals surface area contributed by atoms with Gasteiger partial charge in [-0.1, -0.05) is 18.2 Å². The summed E-state index contributed by atoms with van der Waals surface area (Å²) in [4.78, 5) is 13.1. The molecule has 1 heterocycles. The van der Waals surface area contributed by atoms with Gasteiger partial charge in [0.25, 0.3) is 0 Å². The Labute approximate surface area is 184 Å². The van der Waals surface area contributed by atoms with Crippen LogP contribution in [0.4, 0.5) is 0 Å². The normalized spacial score (nSPS) is 19.6. The lowest BCUT2D eigenvalue weighted by Gasteiger charge is -2.19. The maximum Gasteiger partial charge on any atom is 0.342 e. The van der Waals surface area contributed by atoms with E-state index in [1.54, 1.807) is 18.2 Å². The molecule has 1 N–H and O–H groups in total. The molecule has 0 spiro atoms. The molecule has 31 heavy (non-hydrogen) atoms. The van der Waals surface area contributed by atoms with E-state index in [4.69, 9.17) is 29.1 Å². The molecule has 0 amide bonds. The predicted octanol–water partition coefficient (Wildman–Crippen LogP) is 4.84. The number of hydrogen-bond acceptors (Lipinski definition) is 7. The minimum atomic E-state index is -0.493. The number of cyclic esters (lactones) is 1. The number of fused-ring (bicyclic) bond motifs is 1. The summed E-state index contributed by atoms with van der Waals surface area (Å²) in [7, 11) is 0. The summed E-state index contributed by atoms with van der Waals surface area (Å²) >= 11 is 0. The Morgan fingerprint density at radius 3 is 2.48 bits per heavy atom. The molecule has 0 fully saturated rings. The Kier molecular flexibility index (Phi) is 10.8. The van der Waals surface area contributed by atoms with Crippen LogP contribution < -0.4 is 9.47 Å².